The molecule has 1 atom stereocenters. The third-order valence-electron chi connectivity index (χ3n) is 2.06. The van der Waals surface area contributed by atoms with Crippen molar-refractivity contribution in [1.82, 2.24) is 0 Å². The van der Waals surface area contributed by atoms with E-state index in [4.69, 9.17) is 4.74 Å². The fourth-order valence-electron chi connectivity index (χ4n) is 1.44. The minimum atomic E-state index is -0.338. The fraction of sp³-hybridized carbons (Fsp3) is 0.333. The molecule has 0 fully saturated rings. The lowest BCUT2D eigenvalue weighted by atomic mass is 10.2. The number of anilines is 1. The van der Waals surface area contributed by atoms with Gasteiger partial charge in [-0.05, 0) is 12.1 Å². The zero-order valence-electron chi connectivity index (χ0n) is 7.47. The van der Waals surface area contributed by atoms with Crippen LogP contribution in [0.25, 0.3) is 0 Å². The average Bonchev–Trinajstić information content (AvgIpc) is 2.17. The lowest BCUT2D eigenvalue weighted by molar-refractivity contribution is -0.482. The minimum absolute atomic E-state index is 0.117. The maximum atomic E-state index is 10.3. The van der Waals surface area contributed by atoms with Gasteiger partial charge < -0.3 is 10.1 Å². The Morgan fingerprint density at radius 1 is 1.57 bits per heavy atom. The van der Waals surface area contributed by atoms with Gasteiger partial charge in [-0.2, -0.15) is 0 Å². The second-order valence-electron chi connectivity index (χ2n) is 3.16. The summed E-state index contributed by atoms with van der Waals surface area (Å²) in [6, 6.07) is 7.18. The van der Waals surface area contributed by atoms with Crippen molar-refractivity contribution in [3.05, 3.63) is 34.4 Å². The Morgan fingerprint density at radius 3 is 3.14 bits per heavy atom. The van der Waals surface area contributed by atoms with Crippen LogP contribution in [0, 0.1) is 10.1 Å². The first-order valence-electron chi connectivity index (χ1n) is 4.36. The maximum Gasteiger partial charge on any atom is 0.227 e. The largest absolute Gasteiger partial charge is 0.489 e. The molecule has 0 aliphatic carbocycles. The van der Waals surface area contributed by atoms with Crippen molar-refractivity contribution in [1.29, 1.82) is 0 Å². The highest BCUT2D eigenvalue weighted by Gasteiger charge is 2.22. The van der Waals surface area contributed by atoms with Gasteiger partial charge in [0.05, 0.1) is 5.69 Å². The highest BCUT2D eigenvalue weighted by molar-refractivity contribution is 5.58. The minimum Gasteiger partial charge on any atom is -0.489 e. The molecule has 1 heterocycles. The monoisotopic (exact) mass is 194 g/mol. The molecule has 1 aliphatic rings. The molecule has 0 bridgehead atoms. The van der Waals surface area contributed by atoms with E-state index in [-0.39, 0.29) is 17.5 Å². The zero-order chi connectivity index (χ0) is 9.97. The number of rotatable bonds is 2. The van der Waals surface area contributed by atoms with E-state index in [0.717, 1.165) is 11.4 Å². The van der Waals surface area contributed by atoms with Gasteiger partial charge in [0.15, 0.2) is 0 Å². The number of para-hydroxylation sites is 2. The Kier molecular flexibility index (Phi) is 2.22. The van der Waals surface area contributed by atoms with E-state index < -0.39 is 0 Å². The molecule has 0 spiro atoms. The summed E-state index contributed by atoms with van der Waals surface area (Å²) in [5, 5.41) is 13.4. The van der Waals surface area contributed by atoms with E-state index in [0.29, 0.717) is 6.61 Å². The van der Waals surface area contributed by atoms with Gasteiger partial charge >= 0.3 is 0 Å². The van der Waals surface area contributed by atoms with E-state index in [1.54, 1.807) is 0 Å². The van der Waals surface area contributed by atoms with Gasteiger partial charge in [0.25, 0.3) is 0 Å². The number of fused-ring (bicyclic) bond motifs is 1. The van der Waals surface area contributed by atoms with Crippen molar-refractivity contribution >= 4 is 5.69 Å². The molecule has 5 heteroatoms. The number of hydrogen-bond acceptors (Lipinski definition) is 4. The van der Waals surface area contributed by atoms with E-state index in [9.17, 15) is 10.1 Å². The molecule has 1 aliphatic heterocycles. The molecular weight excluding hydrogens is 184 g/mol. The number of nitrogens with one attached hydrogen (secondary N) is 1. The summed E-state index contributed by atoms with van der Waals surface area (Å²) < 4.78 is 5.37. The Balaban J connectivity index is 2.09. The average molecular weight is 194 g/mol. The molecule has 0 amide bonds. The summed E-state index contributed by atoms with van der Waals surface area (Å²) in [5.41, 5.74) is 0.825. The van der Waals surface area contributed by atoms with Crippen molar-refractivity contribution in [2.24, 2.45) is 0 Å². The molecule has 74 valence electrons. The van der Waals surface area contributed by atoms with Crippen molar-refractivity contribution in [3.63, 3.8) is 0 Å². The van der Waals surface area contributed by atoms with Gasteiger partial charge in [-0.3, -0.25) is 10.1 Å². The van der Waals surface area contributed by atoms with E-state index in [1.165, 1.54) is 0 Å². The van der Waals surface area contributed by atoms with Crippen LogP contribution in [0.1, 0.15) is 0 Å². The van der Waals surface area contributed by atoms with Crippen LogP contribution in [-0.4, -0.2) is 24.1 Å². The number of nitrogens with zero attached hydrogens (tertiary/aromatic N) is 1. The lowest BCUT2D eigenvalue weighted by Gasteiger charge is -2.24. The maximum absolute atomic E-state index is 10.3. The number of hydrogen-bond donors (Lipinski definition) is 1. The first kappa shape index (κ1) is 8.80. The molecule has 2 rings (SSSR count). The fourth-order valence-corrected chi connectivity index (χ4v) is 1.44. The summed E-state index contributed by atoms with van der Waals surface area (Å²) in [7, 11) is 0. The van der Waals surface area contributed by atoms with Gasteiger partial charge in [0, 0.05) is 4.92 Å². The molecule has 1 aromatic rings. The first-order valence-corrected chi connectivity index (χ1v) is 4.36. The smallest absolute Gasteiger partial charge is 0.227 e. The molecule has 1 aromatic carbocycles. The van der Waals surface area contributed by atoms with Crippen molar-refractivity contribution < 1.29 is 9.66 Å². The van der Waals surface area contributed by atoms with E-state index in [1.807, 2.05) is 24.3 Å². The lowest BCUT2D eigenvalue weighted by Crippen LogP contribution is -2.37. The predicted octanol–water partition coefficient (Wildman–Crippen LogP) is 1.14. The third kappa shape index (κ3) is 1.76. The van der Waals surface area contributed by atoms with Crippen LogP contribution in [0.4, 0.5) is 5.69 Å². The van der Waals surface area contributed by atoms with Crippen LogP contribution in [0.5, 0.6) is 5.75 Å². The summed E-state index contributed by atoms with van der Waals surface area (Å²) >= 11 is 0. The van der Waals surface area contributed by atoms with Crippen LogP contribution in [0.2, 0.25) is 0 Å². The van der Waals surface area contributed by atoms with Crippen LogP contribution < -0.4 is 10.1 Å². The summed E-state index contributed by atoms with van der Waals surface area (Å²) in [6.45, 7) is 0.228. The number of ether oxygens (including phenoxy) is 1. The summed E-state index contributed by atoms with van der Waals surface area (Å²) in [6.07, 6.45) is 0. The standard InChI is InChI=1S/C9H10N2O3/c12-11(13)5-7-6-14-9-4-2-1-3-8(9)10-7/h1-4,7,10H,5-6H2. The Hall–Kier alpha value is -1.78. The highest BCUT2D eigenvalue weighted by Crippen LogP contribution is 2.27. The van der Waals surface area contributed by atoms with E-state index >= 15 is 0 Å². The zero-order valence-corrected chi connectivity index (χ0v) is 7.47. The Bertz CT molecular complexity index is 354. The molecule has 0 saturated carbocycles. The Morgan fingerprint density at radius 2 is 2.36 bits per heavy atom. The highest BCUT2D eigenvalue weighted by atomic mass is 16.6. The summed E-state index contributed by atoms with van der Waals surface area (Å²) in [4.78, 5) is 9.95. The number of nitro groups is 1. The quantitative estimate of drug-likeness (QED) is 0.566. The van der Waals surface area contributed by atoms with Crippen LogP contribution >= 0.6 is 0 Å². The van der Waals surface area contributed by atoms with Gasteiger partial charge in [0.1, 0.15) is 18.4 Å². The van der Waals surface area contributed by atoms with Crippen LogP contribution in [0.15, 0.2) is 24.3 Å². The normalized spacial score (nSPS) is 19.0. The molecule has 1 N–H and O–H groups in total. The van der Waals surface area contributed by atoms with E-state index in [2.05, 4.69) is 5.32 Å². The second kappa shape index (κ2) is 3.53. The topological polar surface area (TPSA) is 64.4 Å². The van der Waals surface area contributed by atoms with Crippen molar-refractivity contribution in [2.75, 3.05) is 18.5 Å². The van der Waals surface area contributed by atoms with Gasteiger partial charge in [0.2, 0.25) is 6.54 Å². The second-order valence-corrected chi connectivity index (χ2v) is 3.16. The van der Waals surface area contributed by atoms with Crippen LogP contribution in [0.3, 0.4) is 0 Å². The predicted molar refractivity (Wildman–Crippen MR) is 51.2 cm³/mol. The molecule has 5 nitrogen and oxygen atoms in total. The summed E-state index contributed by atoms with van der Waals surface area (Å²) in [5.74, 6) is 0.757. The third-order valence-corrected chi connectivity index (χ3v) is 2.06. The molecule has 1 unspecified atom stereocenters. The van der Waals surface area contributed by atoms with Gasteiger partial charge in [-0.15, -0.1) is 0 Å². The molecule has 0 saturated heterocycles. The first-order chi connectivity index (χ1) is 6.75. The molecule has 0 aromatic heterocycles. The molecule has 14 heavy (non-hydrogen) atoms. The van der Waals surface area contributed by atoms with Crippen molar-refractivity contribution in [2.45, 2.75) is 6.04 Å². The molecular formula is C9H10N2O3. The van der Waals surface area contributed by atoms with Crippen molar-refractivity contribution in [3.8, 4) is 5.75 Å². The van der Waals surface area contributed by atoms with Gasteiger partial charge in [-0.25, -0.2) is 0 Å². The Labute approximate surface area is 80.8 Å². The number of benzene rings is 1. The van der Waals surface area contributed by atoms with Gasteiger partial charge in [-0.1, -0.05) is 12.1 Å². The SMILES string of the molecule is O=[N+]([O-])CC1COc2ccccc2N1. The van der Waals surface area contributed by atoms with Crippen LogP contribution in [-0.2, 0) is 0 Å². The molecule has 0 radical (unpaired) electrons.